The van der Waals surface area contributed by atoms with Crippen molar-refractivity contribution in [1.82, 2.24) is 0 Å². The maximum Gasteiger partial charge on any atom is 0.265 e. The first-order chi connectivity index (χ1) is 10.7. The number of carbonyl (C=O) groups is 1. The zero-order chi connectivity index (χ0) is 15.5. The van der Waals surface area contributed by atoms with Crippen molar-refractivity contribution < 1.29 is 9.53 Å². The molecule has 4 nitrogen and oxygen atoms in total. The molecular weight excluding hydrogens is 276 g/mol. The fourth-order valence-electron chi connectivity index (χ4n) is 2.79. The summed E-state index contributed by atoms with van der Waals surface area (Å²) >= 11 is 0. The molecule has 0 aliphatic carbocycles. The van der Waals surface area contributed by atoms with Gasteiger partial charge in [0.05, 0.1) is 11.6 Å². The minimum absolute atomic E-state index is 0.00935. The largest absolute Gasteiger partial charge is 0.484 e. The van der Waals surface area contributed by atoms with Gasteiger partial charge in [0.15, 0.2) is 6.61 Å². The van der Waals surface area contributed by atoms with E-state index in [1.165, 1.54) is 5.56 Å². The normalized spacial score (nSPS) is 16.0. The van der Waals surface area contributed by atoms with Crippen LogP contribution in [0.1, 0.15) is 18.1 Å². The summed E-state index contributed by atoms with van der Waals surface area (Å²) in [6.45, 7) is 2.03. The zero-order valence-electron chi connectivity index (χ0n) is 12.3. The summed E-state index contributed by atoms with van der Waals surface area (Å²) in [4.78, 5) is 14.3. The third kappa shape index (κ3) is 2.66. The van der Waals surface area contributed by atoms with Crippen molar-refractivity contribution in [3.8, 4) is 11.8 Å². The van der Waals surface area contributed by atoms with Crippen molar-refractivity contribution in [3.05, 3.63) is 59.7 Å². The molecule has 1 aliphatic heterocycles. The van der Waals surface area contributed by atoms with E-state index in [0.29, 0.717) is 11.3 Å². The molecule has 0 aromatic heterocycles. The van der Waals surface area contributed by atoms with E-state index in [-0.39, 0.29) is 18.6 Å². The minimum Gasteiger partial charge on any atom is -0.484 e. The molecule has 3 rings (SSSR count). The number of para-hydroxylation sites is 1. The van der Waals surface area contributed by atoms with E-state index in [1.54, 1.807) is 29.2 Å². The number of hydrogen-bond acceptors (Lipinski definition) is 3. The maximum atomic E-state index is 12.5. The molecule has 1 heterocycles. The summed E-state index contributed by atoms with van der Waals surface area (Å²) in [5, 5.41) is 8.76. The van der Waals surface area contributed by atoms with Gasteiger partial charge in [0.2, 0.25) is 0 Å². The summed E-state index contributed by atoms with van der Waals surface area (Å²) in [5.41, 5.74) is 2.74. The van der Waals surface area contributed by atoms with Crippen LogP contribution in [-0.4, -0.2) is 18.6 Å². The molecule has 2 aromatic rings. The smallest absolute Gasteiger partial charge is 0.265 e. The van der Waals surface area contributed by atoms with Gasteiger partial charge in [0.1, 0.15) is 5.75 Å². The van der Waals surface area contributed by atoms with Crippen LogP contribution < -0.4 is 9.64 Å². The van der Waals surface area contributed by atoms with Crippen molar-refractivity contribution in [3.63, 3.8) is 0 Å². The van der Waals surface area contributed by atoms with Crippen LogP contribution >= 0.6 is 0 Å². The molecule has 0 unspecified atom stereocenters. The Morgan fingerprint density at radius 1 is 1.27 bits per heavy atom. The Morgan fingerprint density at radius 2 is 2.00 bits per heavy atom. The number of anilines is 1. The molecule has 1 amide bonds. The summed E-state index contributed by atoms with van der Waals surface area (Å²) in [7, 11) is 0. The molecule has 0 spiro atoms. The second-order valence-corrected chi connectivity index (χ2v) is 5.37. The van der Waals surface area contributed by atoms with E-state index < -0.39 is 0 Å². The lowest BCUT2D eigenvalue weighted by Crippen LogP contribution is -2.39. The van der Waals surface area contributed by atoms with Gasteiger partial charge in [-0.05, 0) is 49.2 Å². The van der Waals surface area contributed by atoms with E-state index in [2.05, 4.69) is 6.07 Å². The van der Waals surface area contributed by atoms with Crippen molar-refractivity contribution in [2.45, 2.75) is 19.4 Å². The van der Waals surface area contributed by atoms with Gasteiger partial charge < -0.3 is 9.64 Å². The monoisotopic (exact) mass is 292 g/mol. The van der Waals surface area contributed by atoms with Gasteiger partial charge in [-0.2, -0.15) is 5.26 Å². The molecule has 2 aromatic carbocycles. The average Bonchev–Trinajstić information content (AvgIpc) is 2.89. The van der Waals surface area contributed by atoms with Crippen molar-refractivity contribution in [2.24, 2.45) is 0 Å². The Labute approximate surface area is 129 Å². The van der Waals surface area contributed by atoms with Crippen LogP contribution in [0.2, 0.25) is 0 Å². The van der Waals surface area contributed by atoms with Crippen LogP contribution in [0.15, 0.2) is 48.5 Å². The number of ether oxygens (including phenoxy) is 1. The average molecular weight is 292 g/mol. The second-order valence-electron chi connectivity index (χ2n) is 5.37. The molecule has 0 bridgehead atoms. The fraction of sp³-hybridized carbons (Fsp3) is 0.222. The van der Waals surface area contributed by atoms with Crippen LogP contribution in [0.25, 0.3) is 0 Å². The van der Waals surface area contributed by atoms with Crippen molar-refractivity contribution >= 4 is 11.6 Å². The number of nitrogens with zero attached hydrogens (tertiary/aromatic N) is 2. The molecule has 110 valence electrons. The van der Waals surface area contributed by atoms with Gasteiger partial charge in [-0.3, -0.25) is 4.79 Å². The predicted molar refractivity (Wildman–Crippen MR) is 83.7 cm³/mol. The van der Waals surface area contributed by atoms with Gasteiger partial charge >= 0.3 is 0 Å². The number of benzene rings is 2. The third-order valence-electron chi connectivity index (χ3n) is 3.82. The highest BCUT2D eigenvalue weighted by atomic mass is 16.5. The first-order valence-corrected chi connectivity index (χ1v) is 7.22. The van der Waals surface area contributed by atoms with Crippen LogP contribution in [0.5, 0.6) is 5.75 Å². The molecule has 4 heteroatoms. The van der Waals surface area contributed by atoms with E-state index in [1.807, 2.05) is 31.2 Å². The van der Waals surface area contributed by atoms with E-state index in [9.17, 15) is 4.79 Å². The Morgan fingerprint density at radius 3 is 2.73 bits per heavy atom. The Balaban J connectivity index is 1.68. The van der Waals surface area contributed by atoms with Crippen LogP contribution in [-0.2, 0) is 11.2 Å². The number of rotatable bonds is 3. The lowest BCUT2D eigenvalue weighted by atomic mass is 10.1. The minimum atomic E-state index is -0.0539. The number of hydrogen-bond donors (Lipinski definition) is 0. The number of amides is 1. The molecule has 0 saturated carbocycles. The highest BCUT2D eigenvalue weighted by Crippen LogP contribution is 2.31. The first kappa shape index (κ1) is 14.2. The van der Waals surface area contributed by atoms with E-state index in [0.717, 1.165) is 12.1 Å². The zero-order valence-corrected chi connectivity index (χ0v) is 12.3. The molecule has 0 radical (unpaired) electrons. The van der Waals surface area contributed by atoms with Gasteiger partial charge in [-0.15, -0.1) is 0 Å². The lowest BCUT2D eigenvalue weighted by Gasteiger charge is -2.22. The van der Waals surface area contributed by atoms with Gasteiger partial charge in [-0.1, -0.05) is 18.2 Å². The highest BCUT2D eigenvalue weighted by Gasteiger charge is 2.30. The van der Waals surface area contributed by atoms with Crippen LogP contribution in [0.3, 0.4) is 0 Å². The number of fused-ring (bicyclic) bond motifs is 1. The number of carbonyl (C=O) groups excluding carboxylic acids is 1. The van der Waals surface area contributed by atoms with Gasteiger partial charge in [0.25, 0.3) is 5.91 Å². The molecule has 22 heavy (non-hydrogen) atoms. The summed E-state index contributed by atoms with van der Waals surface area (Å²) in [5.74, 6) is 0.536. The molecule has 1 aliphatic rings. The standard InChI is InChI=1S/C18H16N2O2/c1-13-10-15-4-2-3-5-17(15)20(13)18(21)12-22-16-8-6-14(11-19)7-9-16/h2-9,13H,10,12H2,1H3/t13-/m0/s1. The molecule has 0 saturated heterocycles. The SMILES string of the molecule is C[C@H]1Cc2ccccc2N1C(=O)COc1ccc(C#N)cc1. The maximum absolute atomic E-state index is 12.5. The Kier molecular flexibility index (Phi) is 3.80. The molecular formula is C18H16N2O2. The molecule has 0 fully saturated rings. The van der Waals surface area contributed by atoms with E-state index in [4.69, 9.17) is 10.00 Å². The van der Waals surface area contributed by atoms with Crippen molar-refractivity contribution in [1.29, 1.82) is 5.26 Å². The quantitative estimate of drug-likeness (QED) is 0.874. The lowest BCUT2D eigenvalue weighted by molar-refractivity contribution is -0.120. The van der Waals surface area contributed by atoms with Crippen LogP contribution in [0, 0.1) is 11.3 Å². The topological polar surface area (TPSA) is 53.3 Å². The van der Waals surface area contributed by atoms with E-state index >= 15 is 0 Å². The summed E-state index contributed by atoms with van der Waals surface area (Å²) in [6.07, 6.45) is 0.874. The highest BCUT2D eigenvalue weighted by molar-refractivity contribution is 5.97. The molecule has 0 N–H and O–H groups in total. The summed E-state index contributed by atoms with van der Waals surface area (Å²) in [6, 6.07) is 16.9. The Bertz CT molecular complexity index is 731. The first-order valence-electron chi connectivity index (χ1n) is 7.22. The van der Waals surface area contributed by atoms with Crippen LogP contribution in [0.4, 0.5) is 5.69 Å². The van der Waals surface area contributed by atoms with Gasteiger partial charge in [0, 0.05) is 11.7 Å². The van der Waals surface area contributed by atoms with Crippen molar-refractivity contribution in [2.75, 3.05) is 11.5 Å². The summed E-state index contributed by atoms with van der Waals surface area (Å²) < 4.78 is 5.54. The number of nitriles is 1. The second kappa shape index (κ2) is 5.90. The fourth-order valence-corrected chi connectivity index (χ4v) is 2.79. The molecule has 1 atom stereocenters. The Hall–Kier alpha value is -2.80. The third-order valence-corrected chi connectivity index (χ3v) is 3.82. The van der Waals surface area contributed by atoms with Gasteiger partial charge in [-0.25, -0.2) is 0 Å². The predicted octanol–water partition coefficient (Wildman–Crippen LogP) is 2.91.